The Morgan fingerprint density at radius 2 is 2.45 bits per heavy atom. The maximum absolute atomic E-state index is 9.38. The van der Waals surface area contributed by atoms with Gasteiger partial charge in [0.25, 0.3) is 0 Å². The standard InChI is InChI=1S/C9H10OS/c1-3-7-5-6-9(11-7)8(10)4-2/h1,5-6,8,10H,4H2,2H3/t8-/m0/s1. The molecule has 0 bridgehead atoms. The molecule has 1 atom stereocenters. The highest BCUT2D eigenvalue weighted by Crippen LogP contribution is 2.24. The molecule has 1 N–H and O–H groups in total. The molecule has 1 rings (SSSR count). The Morgan fingerprint density at radius 3 is 2.91 bits per heavy atom. The van der Waals surface area contributed by atoms with Crippen LogP contribution >= 0.6 is 11.3 Å². The van der Waals surface area contributed by atoms with Gasteiger partial charge in [-0.3, -0.25) is 0 Å². The number of aliphatic hydroxyl groups is 1. The zero-order valence-electron chi connectivity index (χ0n) is 6.37. The molecule has 1 nitrogen and oxygen atoms in total. The molecule has 2 heteroatoms. The van der Waals surface area contributed by atoms with Gasteiger partial charge in [-0.15, -0.1) is 17.8 Å². The van der Waals surface area contributed by atoms with Crippen LogP contribution < -0.4 is 0 Å². The highest BCUT2D eigenvalue weighted by Gasteiger charge is 2.06. The van der Waals surface area contributed by atoms with E-state index in [0.29, 0.717) is 0 Å². The van der Waals surface area contributed by atoms with Crippen LogP contribution in [0, 0.1) is 12.3 Å². The minimum absolute atomic E-state index is 0.345. The summed E-state index contributed by atoms with van der Waals surface area (Å²) in [6.45, 7) is 1.94. The number of hydrogen-bond donors (Lipinski definition) is 1. The van der Waals surface area contributed by atoms with Gasteiger partial charge in [0.2, 0.25) is 0 Å². The van der Waals surface area contributed by atoms with Crippen LogP contribution in [0.1, 0.15) is 29.2 Å². The minimum atomic E-state index is -0.345. The Bertz CT molecular complexity index is 269. The summed E-state index contributed by atoms with van der Waals surface area (Å²) in [4.78, 5) is 1.84. The molecule has 0 amide bonds. The van der Waals surface area contributed by atoms with E-state index in [-0.39, 0.29) is 6.10 Å². The van der Waals surface area contributed by atoms with Gasteiger partial charge in [0.1, 0.15) is 0 Å². The molecule has 1 aromatic heterocycles. The lowest BCUT2D eigenvalue weighted by atomic mass is 10.2. The second-order valence-electron chi connectivity index (χ2n) is 2.27. The summed E-state index contributed by atoms with van der Waals surface area (Å²) in [6, 6.07) is 3.74. The maximum atomic E-state index is 9.38. The average molecular weight is 166 g/mol. The van der Waals surface area contributed by atoms with E-state index in [9.17, 15) is 5.11 Å². The van der Waals surface area contributed by atoms with Crippen molar-refractivity contribution in [3.63, 3.8) is 0 Å². The molecule has 0 aliphatic carbocycles. The quantitative estimate of drug-likeness (QED) is 0.668. The van der Waals surface area contributed by atoms with E-state index >= 15 is 0 Å². The summed E-state index contributed by atoms with van der Waals surface area (Å²) in [5, 5.41) is 9.38. The molecule has 0 saturated heterocycles. The molecule has 0 unspecified atom stereocenters. The Labute approximate surface area is 70.7 Å². The van der Waals surface area contributed by atoms with Gasteiger partial charge in [-0.25, -0.2) is 0 Å². The summed E-state index contributed by atoms with van der Waals surface area (Å²) >= 11 is 1.48. The van der Waals surface area contributed by atoms with Gasteiger partial charge in [0, 0.05) is 4.88 Å². The fraction of sp³-hybridized carbons (Fsp3) is 0.333. The highest BCUT2D eigenvalue weighted by atomic mass is 32.1. The van der Waals surface area contributed by atoms with Crippen molar-refractivity contribution >= 4 is 11.3 Å². The predicted octanol–water partition coefficient (Wildman–Crippen LogP) is 2.17. The van der Waals surface area contributed by atoms with Crippen molar-refractivity contribution in [3.05, 3.63) is 21.9 Å². The summed E-state index contributed by atoms with van der Waals surface area (Å²) < 4.78 is 0. The van der Waals surface area contributed by atoms with Crippen molar-refractivity contribution in [2.45, 2.75) is 19.4 Å². The van der Waals surface area contributed by atoms with Crippen molar-refractivity contribution in [1.29, 1.82) is 0 Å². The first kappa shape index (κ1) is 8.32. The van der Waals surface area contributed by atoms with Gasteiger partial charge in [-0.05, 0) is 18.6 Å². The van der Waals surface area contributed by atoms with Gasteiger partial charge in [-0.2, -0.15) is 0 Å². The highest BCUT2D eigenvalue weighted by molar-refractivity contribution is 7.12. The molecule has 0 aliphatic heterocycles. The molecule has 1 heterocycles. The largest absolute Gasteiger partial charge is 0.388 e. The summed E-state index contributed by atoms with van der Waals surface area (Å²) in [7, 11) is 0. The van der Waals surface area contributed by atoms with Crippen LogP contribution in [0.4, 0.5) is 0 Å². The lowest BCUT2D eigenvalue weighted by Gasteiger charge is -2.01. The second kappa shape index (κ2) is 3.56. The molecule has 0 radical (unpaired) electrons. The Kier molecular flexibility index (Phi) is 2.70. The van der Waals surface area contributed by atoms with Crippen LogP contribution in [0.15, 0.2) is 12.1 Å². The fourth-order valence-corrected chi connectivity index (χ4v) is 1.70. The van der Waals surface area contributed by atoms with Crippen LogP contribution in [0.2, 0.25) is 0 Å². The van der Waals surface area contributed by atoms with E-state index in [1.54, 1.807) is 0 Å². The topological polar surface area (TPSA) is 20.2 Å². The Morgan fingerprint density at radius 1 is 1.73 bits per heavy atom. The molecule has 0 aromatic carbocycles. The Hall–Kier alpha value is -0.780. The molecular weight excluding hydrogens is 156 g/mol. The van der Waals surface area contributed by atoms with Crippen LogP contribution in [0.5, 0.6) is 0 Å². The fourth-order valence-electron chi connectivity index (χ4n) is 0.811. The normalized spacial score (nSPS) is 12.5. The SMILES string of the molecule is C#Cc1ccc([C@@H](O)CC)s1. The monoisotopic (exact) mass is 166 g/mol. The summed E-state index contributed by atoms with van der Waals surface area (Å²) in [5.74, 6) is 2.53. The van der Waals surface area contributed by atoms with Gasteiger partial charge < -0.3 is 5.11 Å². The van der Waals surface area contributed by atoms with Crippen molar-refractivity contribution in [3.8, 4) is 12.3 Å². The van der Waals surface area contributed by atoms with Crippen molar-refractivity contribution in [1.82, 2.24) is 0 Å². The molecule has 1 aromatic rings. The molecule has 11 heavy (non-hydrogen) atoms. The summed E-state index contributed by atoms with van der Waals surface area (Å²) in [6.07, 6.45) is 5.58. The number of rotatable bonds is 2. The van der Waals surface area contributed by atoms with Crippen molar-refractivity contribution < 1.29 is 5.11 Å². The van der Waals surface area contributed by atoms with Crippen LogP contribution in [-0.4, -0.2) is 5.11 Å². The van der Waals surface area contributed by atoms with E-state index in [0.717, 1.165) is 16.2 Å². The number of thiophene rings is 1. The van der Waals surface area contributed by atoms with Crippen molar-refractivity contribution in [2.24, 2.45) is 0 Å². The molecule has 0 fully saturated rings. The molecule has 0 spiro atoms. The number of terminal acetylenes is 1. The third-order valence-corrected chi connectivity index (χ3v) is 2.60. The van der Waals surface area contributed by atoms with E-state index in [4.69, 9.17) is 6.42 Å². The predicted molar refractivity (Wildman–Crippen MR) is 47.5 cm³/mol. The Balaban J connectivity index is 2.82. The van der Waals surface area contributed by atoms with E-state index in [1.807, 2.05) is 19.1 Å². The smallest absolute Gasteiger partial charge is 0.0879 e. The molecule has 58 valence electrons. The molecular formula is C9H10OS. The first-order valence-electron chi connectivity index (χ1n) is 3.52. The van der Waals surface area contributed by atoms with E-state index in [1.165, 1.54) is 11.3 Å². The third-order valence-electron chi connectivity index (χ3n) is 1.48. The first-order chi connectivity index (χ1) is 5.27. The lowest BCUT2D eigenvalue weighted by Crippen LogP contribution is -1.89. The average Bonchev–Trinajstić information content (AvgIpc) is 2.50. The van der Waals surface area contributed by atoms with Gasteiger partial charge in [0.05, 0.1) is 11.0 Å². The van der Waals surface area contributed by atoms with Crippen LogP contribution in [-0.2, 0) is 0 Å². The minimum Gasteiger partial charge on any atom is -0.388 e. The summed E-state index contributed by atoms with van der Waals surface area (Å²) in [5.41, 5.74) is 0. The van der Waals surface area contributed by atoms with Gasteiger partial charge in [-0.1, -0.05) is 12.8 Å². The maximum Gasteiger partial charge on any atom is 0.0879 e. The number of hydrogen-bond acceptors (Lipinski definition) is 2. The van der Waals surface area contributed by atoms with Gasteiger partial charge >= 0.3 is 0 Å². The third kappa shape index (κ3) is 1.83. The molecule has 0 aliphatic rings. The van der Waals surface area contributed by atoms with Crippen molar-refractivity contribution in [2.75, 3.05) is 0 Å². The number of aliphatic hydroxyl groups excluding tert-OH is 1. The lowest BCUT2D eigenvalue weighted by molar-refractivity contribution is 0.177. The zero-order valence-corrected chi connectivity index (χ0v) is 7.19. The second-order valence-corrected chi connectivity index (χ2v) is 3.39. The molecule has 0 saturated carbocycles. The van der Waals surface area contributed by atoms with E-state index < -0.39 is 0 Å². The van der Waals surface area contributed by atoms with Crippen LogP contribution in [0.3, 0.4) is 0 Å². The van der Waals surface area contributed by atoms with Crippen LogP contribution in [0.25, 0.3) is 0 Å². The van der Waals surface area contributed by atoms with Gasteiger partial charge in [0.15, 0.2) is 0 Å². The van der Waals surface area contributed by atoms with E-state index in [2.05, 4.69) is 5.92 Å². The first-order valence-corrected chi connectivity index (χ1v) is 4.34. The zero-order chi connectivity index (χ0) is 8.27.